The first-order chi connectivity index (χ1) is 25.2. The third-order valence-corrected chi connectivity index (χ3v) is 11.2. The van der Waals surface area contributed by atoms with E-state index in [2.05, 4.69) is 180 Å². The first kappa shape index (κ1) is 28.2. The van der Waals surface area contributed by atoms with Gasteiger partial charge in [0.2, 0.25) is 0 Å². The molecule has 0 N–H and O–H groups in total. The normalized spacial score (nSPS) is 12.8. The highest BCUT2D eigenvalue weighted by atomic mass is 15.0. The van der Waals surface area contributed by atoms with Crippen LogP contribution in [0.15, 0.2) is 170 Å². The van der Waals surface area contributed by atoms with Crippen molar-refractivity contribution < 1.29 is 0 Å². The summed E-state index contributed by atoms with van der Waals surface area (Å²) in [5.41, 5.74) is 14.7. The van der Waals surface area contributed by atoms with E-state index >= 15 is 0 Å². The molecule has 2 heteroatoms. The van der Waals surface area contributed by atoms with Gasteiger partial charge >= 0.3 is 0 Å². The van der Waals surface area contributed by atoms with Crippen LogP contribution in [0.1, 0.15) is 18.1 Å². The molecule has 0 spiro atoms. The van der Waals surface area contributed by atoms with Crippen LogP contribution in [0.5, 0.6) is 0 Å². The number of hydrogen-bond donors (Lipinski definition) is 0. The van der Waals surface area contributed by atoms with Gasteiger partial charge in [-0.3, -0.25) is 0 Å². The third-order valence-electron chi connectivity index (χ3n) is 11.2. The van der Waals surface area contributed by atoms with E-state index in [1.54, 1.807) is 0 Å². The van der Waals surface area contributed by atoms with Crippen molar-refractivity contribution in [1.29, 1.82) is 0 Å². The maximum atomic E-state index is 4.14. The van der Waals surface area contributed by atoms with E-state index in [9.17, 15) is 0 Å². The van der Waals surface area contributed by atoms with Crippen molar-refractivity contribution in [2.45, 2.75) is 6.92 Å². The monoisotopic (exact) mass is 648 g/mol. The van der Waals surface area contributed by atoms with Gasteiger partial charge in [0.15, 0.2) is 0 Å². The van der Waals surface area contributed by atoms with Gasteiger partial charge in [-0.25, -0.2) is 0 Å². The van der Waals surface area contributed by atoms with Crippen molar-refractivity contribution in [2.24, 2.45) is 0 Å². The average molecular weight is 649 g/mol. The Morgan fingerprint density at radius 1 is 0.431 bits per heavy atom. The van der Waals surface area contributed by atoms with Crippen LogP contribution in [0.2, 0.25) is 0 Å². The van der Waals surface area contributed by atoms with Gasteiger partial charge in [0.1, 0.15) is 0 Å². The van der Waals surface area contributed by atoms with E-state index in [4.69, 9.17) is 0 Å². The fourth-order valence-electron chi connectivity index (χ4n) is 8.84. The zero-order valence-electron chi connectivity index (χ0n) is 28.2. The number of hydrogen-bond acceptors (Lipinski definition) is 0. The Hall–Kier alpha value is -6.64. The van der Waals surface area contributed by atoms with E-state index in [-0.39, 0.29) is 0 Å². The summed E-state index contributed by atoms with van der Waals surface area (Å²) >= 11 is 0. The second-order valence-corrected chi connectivity index (χ2v) is 13.8. The molecule has 0 unspecified atom stereocenters. The maximum Gasteiger partial charge on any atom is 0.0547 e. The van der Waals surface area contributed by atoms with Gasteiger partial charge in [0, 0.05) is 32.9 Å². The third kappa shape index (κ3) is 3.93. The molecule has 0 amide bonds. The molecule has 0 radical (unpaired) electrons. The van der Waals surface area contributed by atoms with Crippen molar-refractivity contribution in [3.63, 3.8) is 0 Å². The van der Waals surface area contributed by atoms with Crippen LogP contribution in [0.4, 0.5) is 0 Å². The molecular formula is C49H32N2. The fraction of sp³-hybridized carbons (Fsp3) is 0.0204. The summed E-state index contributed by atoms with van der Waals surface area (Å²) in [6, 6.07) is 58.2. The zero-order chi connectivity index (χ0) is 33.8. The smallest absolute Gasteiger partial charge is 0.0547 e. The Morgan fingerprint density at radius 3 is 1.80 bits per heavy atom. The molecule has 0 saturated carbocycles. The summed E-state index contributed by atoms with van der Waals surface area (Å²) in [6.07, 6.45) is 2.00. The molecule has 10 aromatic rings. The van der Waals surface area contributed by atoms with Crippen molar-refractivity contribution >= 4 is 76.3 Å². The van der Waals surface area contributed by atoms with Crippen LogP contribution in [0.25, 0.3) is 98.8 Å². The topological polar surface area (TPSA) is 9.86 Å². The molecule has 8 aromatic carbocycles. The lowest BCUT2D eigenvalue weighted by Gasteiger charge is -2.12. The molecule has 11 rings (SSSR count). The minimum absolute atomic E-state index is 1.17. The van der Waals surface area contributed by atoms with Gasteiger partial charge in [-0.1, -0.05) is 104 Å². The van der Waals surface area contributed by atoms with Crippen LogP contribution < -0.4 is 0 Å². The zero-order valence-corrected chi connectivity index (χ0v) is 28.2. The summed E-state index contributed by atoms with van der Waals surface area (Å²) in [4.78, 5) is 0. The molecular weight excluding hydrogens is 617 g/mol. The summed E-state index contributed by atoms with van der Waals surface area (Å²) in [7, 11) is 0. The number of benzene rings is 8. The maximum absolute atomic E-state index is 4.14. The van der Waals surface area contributed by atoms with E-state index in [1.807, 2.05) is 6.08 Å². The molecule has 1 aliphatic rings. The SMILES string of the molecule is C=CC1=C(C)c2cc(-n3c4ccccc4c4cc(-c5ccc6c(c5)c5cc7ccccc7cc5n6-c5ccccc5)ccc43)cc3cccc1c23. The molecule has 0 saturated heterocycles. The highest BCUT2D eigenvalue weighted by Crippen LogP contribution is 2.45. The predicted molar refractivity (Wildman–Crippen MR) is 218 cm³/mol. The fourth-order valence-corrected chi connectivity index (χ4v) is 8.84. The van der Waals surface area contributed by atoms with Gasteiger partial charge in [0.05, 0.1) is 22.1 Å². The lowest BCUT2D eigenvalue weighted by Crippen LogP contribution is -1.95. The second kappa shape index (κ2) is 10.4. The lowest BCUT2D eigenvalue weighted by atomic mass is 10.00. The number of fused-ring (bicyclic) bond motifs is 7. The lowest BCUT2D eigenvalue weighted by molar-refractivity contribution is 1.18. The molecule has 2 aromatic heterocycles. The number of para-hydroxylation sites is 2. The van der Waals surface area contributed by atoms with Gasteiger partial charge in [0.25, 0.3) is 0 Å². The number of rotatable bonds is 4. The van der Waals surface area contributed by atoms with Crippen LogP contribution >= 0.6 is 0 Å². The molecule has 2 heterocycles. The number of nitrogens with zero attached hydrogens (tertiary/aromatic N) is 2. The summed E-state index contributed by atoms with van der Waals surface area (Å²) in [5, 5.41) is 10.1. The van der Waals surface area contributed by atoms with Crippen LogP contribution in [-0.4, -0.2) is 9.13 Å². The van der Waals surface area contributed by atoms with E-state index in [0.29, 0.717) is 0 Å². The Bertz CT molecular complexity index is 3150. The van der Waals surface area contributed by atoms with Gasteiger partial charge < -0.3 is 9.13 Å². The largest absolute Gasteiger partial charge is 0.309 e. The molecule has 0 aliphatic heterocycles. The summed E-state index contributed by atoms with van der Waals surface area (Å²) in [6.45, 7) is 6.37. The molecule has 1 aliphatic carbocycles. The molecule has 51 heavy (non-hydrogen) atoms. The van der Waals surface area contributed by atoms with Crippen molar-refractivity contribution in [2.75, 3.05) is 0 Å². The number of allylic oxidation sites excluding steroid dienone is 3. The summed E-state index contributed by atoms with van der Waals surface area (Å²) < 4.78 is 4.85. The molecule has 0 fully saturated rings. The van der Waals surface area contributed by atoms with Crippen LogP contribution in [-0.2, 0) is 0 Å². The van der Waals surface area contributed by atoms with Gasteiger partial charge in [-0.15, -0.1) is 0 Å². The van der Waals surface area contributed by atoms with Crippen molar-refractivity contribution in [3.8, 4) is 22.5 Å². The first-order valence-electron chi connectivity index (χ1n) is 17.6. The molecule has 2 nitrogen and oxygen atoms in total. The Labute approximate surface area is 295 Å². The molecule has 0 atom stereocenters. The van der Waals surface area contributed by atoms with Crippen molar-refractivity contribution in [1.82, 2.24) is 9.13 Å². The van der Waals surface area contributed by atoms with Gasteiger partial charge in [-0.05, 0) is 129 Å². The van der Waals surface area contributed by atoms with E-state index < -0.39 is 0 Å². The standard InChI is InChI=1S/C49H32N2/c1-3-38-30(2)41-29-37(24-35-14-11-18-40(38)49(35)41)51-45-19-10-9-17-39(45)42-26-33(20-22-46(42)51)34-21-23-47-43(27-34)44-25-31-12-7-8-13-32(31)28-48(44)50(47)36-15-5-4-6-16-36/h3-29H,1H2,2H3. The Balaban J connectivity index is 1.13. The number of aromatic nitrogens is 2. The molecule has 0 bridgehead atoms. The van der Waals surface area contributed by atoms with Crippen molar-refractivity contribution in [3.05, 3.63) is 182 Å². The predicted octanol–water partition coefficient (Wildman–Crippen LogP) is 13.3. The average Bonchev–Trinajstić information content (AvgIpc) is 3.78. The first-order valence-corrected chi connectivity index (χ1v) is 17.6. The Kier molecular flexibility index (Phi) is 5.77. The van der Waals surface area contributed by atoms with E-state index in [0.717, 1.165) is 0 Å². The van der Waals surface area contributed by atoms with E-state index in [1.165, 1.54) is 110 Å². The Morgan fingerprint density at radius 2 is 1.04 bits per heavy atom. The van der Waals surface area contributed by atoms with Gasteiger partial charge in [-0.2, -0.15) is 0 Å². The minimum Gasteiger partial charge on any atom is -0.309 e. The van der Waals surface area contributed by atoms with Crippen LogP contribution in [0.3, 0.4) is 0 Å². The second-order valence-electron chi connectivity index (χ2n) is 13.8. The highest BCUT2D eigenvalue weighted by molar-refractivity contribution is 6.18. The van der Waals surface area contributed by atoms with Crippen LogP contribution in [0, 0.1) is 0 Å². The molecule has 238 valence electrons. The quantitative estimate of drug-likeness (QED) is 0.180. The summed E-state index contributed by atoms with van der Waals surface area (Å²) in [5.74, 6) is 0. The minimum atomic E-state index is 1.17. The highest BCUT2D eigenvalue weighted by Gasteiger charge is 2.22.